The Morgan fingerprint density at radius 1 is 0.419 bits per heavy atom. The molecule has 2 aliphatic rings. The molecule has 490 valence electrons. The minimum absolute atomic E-state index is 0.0222. The van der Waals surface area contributed by atoms with E-state index in [0.717, 1.165) is 44.5 Å². The second-order valence-corrected chi connectivity index (χ2v) is 21.6. The van der Waals surface area contributed by atoms with Gasteiger partial charge in [-0.3, -0.25) is 19.2 Å². The molecule has 0 fully saturated rings. The van der Waals surface area contributed by atoms with E-state index < -0.39 is 12.2 Å². The lowest BCUT2D eigenvalue weighted by Gasteiger charge is -2.17. The molecule has 9 rings (SSSR count). The first kappa shape index (κ1) is 68.6. The van der Waals surface area contributed by atoms with Gasteiger partial charge in [-0.05, 0) is 57.0 Å². The molecule has 0 saturated carbocycles. The first-order chi connectivity index (χ1) is 45.3. The number of nitrogens with two attached hydrogens (primary N) is 1. The zero-order valence-corrected chi connectivity index (χ0v) is 53.0. The highest BCUT2D eigenvalue weighted by molar-refractivity contribution is 5.81. The standard InChI is InChI=1S/C42H48N4O9.C29H33N3O6/c1-28-12-14-29(15-13-28)24-45-41(49)27-53-20-16-39(47)43-18-19-44-40(48)17-21-54-30-22-37(51-2)35(38(23-30)52-3)25-46-42(50)55-26-36-33-10-6-4-8-31(33)32-9-5-7-11-34(32)36;1-35-26-15-19(37-14-11-28(33)31-13-12-30)16-27(36-2)24(26)17-32-29(34)38-18-25-22-9-5-3-7-20(22)21-8-4-6-10-23(21)25/h4-15,22-23,36H,16-21,24-27H2,1-3H3,(H,43,47)(H,44,48)(H,45,49)(H,46,50);3-10,15-16,25H,11-14,17-18,30H2,1-2H3,(H,31,33)(H,32,34). The van der Waals surface area contributed by atoms with Crippen molar-refractivity contribution in [1.29, 1.82) is 0 Å². The van der Waals surface area contributed by atoms with Gasteiger partial charge in [0.25, 0.3) is 0 Å². The summed E-state index contributed by atoms with van der Waals surface area (Å²) in [7, 11) is 6.05. The highest BCUT2D eigenvalue weighted by atomic mass is 16.6. The van der Waals surface area contributed by atoms with E-state index in [4.69, 9.17) is 48.4 Å². The Balaban J connectivity index is 0.000000255. The van der Waals surface area contributed by atoms with E-state index in [-0.39, 0.29) is 121 Å². The van der Waals surface area contributed by atoms with Gasteiger partial charge in [0, 0.05) is 75.2 Å². The fourth-order valence-electron chi connectivity index (χ4n) is 10.7. The van der Waals surface area contributed by atoms with Crippen molar-refractivity contribution in [3.05, 3.63) is 190 Å². The van der Waals surface area contributed by atoms with Gasteiger partial charge in [-0.2, -0.15) is 0 Å². The van der Waals surface area contributed by atoms with Crippen LogP contribution in [-0.2, 0) is 53.0 Å². The number of methoxy groups -OCH3 is 4. The lowest BCUT2D eigenvalue weighted by molar-refractivity contribution is -0.128. The number of ether oxygens (including phenoxy) is 9. The van der Waals surface area contributed by atoms with Crippen LogP contribution in [0.5, 0.6) is 34.5 Å². The largest absolute Gasteiger partial charge is 0.496 e. The van der Waals surface area contributed by atoms with Gasteiger partial charge in [0.05, 0.1) is 85.3 Å². The van der Waals surface area contributed by atoms with Crippen molar-refractivity contribution < 1.29 is 71.4 Å². The monoisotopic (exact) mass is 1270 g/mol. The van der Waals surface area contributed by atoms with Crippen LogP contribution in [0.1, 0.15) is 75.6 Å². The number of hydrogen-bond donors (Lipinski definition) is 7. The third-order valence-electron chi connectivity index (χ3n) is 15.4. The number of amides is 6. The summed E-state index contributed by atoms with van der Waals surface area (Å²) in [6.07, 6.45) is -0.763. The lowest BCUT2D eigenvalue weighted by atomic mass is 9.98. The Morgan fingerprint density at radius 2 is 0.785 bits per heavy atom. The van der Waals surface area contributed by atoms with Crippen LogP contribution in [-0.4, -0.2) is 130 Å². The third kappa shape index (κ3) is 19.6. The van der Waals surface area contributed by atoms with Crippen LogP contribution in [0.4, 0.5) is 9.59 Å². The number of carbonyl (C=O) groups is 6. The van der Waals surface area contributed by atoms with Crippen molar-refractivity contribution in [1.82, 2.24) is 31.9 Å². The predicted octanol–water partition coefficient (Wildman–Crippen LogP) is 8.36. The molecule has 93 heavy (non-hydrogen) atoms. The first-order valence-electron chi connectivity index (χ1n) is 30.6. The van der Waals surface area contributed by atoms with Gasteiger partial charge < -0.3 is 80.3 Å². The molecule has 22 nitrogen and oxygen atoms in total. The smallest absolute Gasteiger partial charge is 0.407 e. The summed E-state index contributed by atoms with van der Waals surface area (Å²) in [5.41, 5.74) is 18.0. The van der Waals surface area contributed by atoms with Gasteiger partial charge >= 0.3 is 12.2 Å². The van der Waals surface area contributed by atoms with E-state index >= 15 is 0 Å². The molecule has 7 aromatic carbocycles. The summed E-state index contributed by atoms with van der Waals surface area (Å²) in [6, 6.07) is 47.2. The van der Waals surface area contributed by atoms with Crippen molar-refractivity contribution in [3.63, 3.8) is 0 Å². The van der Waals surface area contributed by atoms with Crippen LogP contribution in [0.25, 0.3) is 22.3 Å². The minimum atomic E-state index is -0.572. The van der Waals surface area contributed by atoms with Gasteiger partial charge in [0.1, 0.15) is 54.3 Å². The normalized spacial score (nSPS) is 11.6. The van der Waals surface area contributed by atoms with Crippen molar-refractivity contribution in [2.24, 2.45) is 5.73 Å². The van der Waals surface area contributed by atoms with Crippen molar-refractivity contribution in [2.45, 2.75) is 57.7 Å². The summed E-state index contributed by atoms with van der Waals surface area (Å²) in [5.74, 6) is 1.74. The Labute approximate surface area is 541 Å². The van der Waals surface area contributed by atoms with E-state index in [9.17, 15) is 28.8 Å². The van der Waals surface area contributed by atoms with Gasteiger partial charge in [0.2, 0.25) is 23.6 Å². The molecular formula is C71H81N7O15. The van der Waals surface area contributed by atoms with E-state index in [1.807, 2.05) is 79.7 Å². The molecule has 22 heteroatoms. The highest BCUT2D eigenvalue weighted by Gasteiger charge is 2.31. The van der Waals surface area contributed by atoms with Gasteiger partial charge in [0.15, 0.2) is 0 Å². The van der Waals surface area contributed by atoms with Gasteiger partial charge in [-0.1, -0.05) is 127 Å². The topological polar surface area (TPSA) is 284 Å². The second-order valence-electron chi connectivity index (χ2n) is 21.6. The van der Waals surface area contributed by atoms with E-state index in [1.165, 1.54) is 39.6 Å². The average molecular weight is 1270 g/mol. The SMILES string of the molecule is COc1cc(OCCC(=O)NCCN)cc(OC)c1CNC(=O)OCC1c2ccccc2-c2ccccc21.COc1cc(OCCC(=O)NCCNC(=O)CCOCC(=O)NCc2ccc(C)cc2)cc(OC)c1CNC(=O)OCC1c2ccccc2-c2ccccc21. The number of aryl methyl sites for hydroxylation is 1. The van der Waals surface area contributed by atoms with Crippen molar-refractivity contribution in [2.75, 3.05) is 94.3 Å². The van der Waals surface area contributed by atoms with E-state index in [0.29, 0.717) is 65.3 Å². The fourth-order valence-corrected chi connectivity index (χ4v) is 10.7. The maximum atomic E-state index is 12.8. The molecule has 8 N–H and O–H groups in total. The zero-order valence-electron chi connectivity index (χ0n) is 53.0. The molecule has 0 atom stereocenters. The quantitative estimate of drug-likeness (QED) is 0.0195. The number of carbonyl (C=O) groups excluding carboxylic acids is 6. The van der Waals surface area contributed by atoms with Crippen LogP contribution >= 0.6 is 0 Å². The van der Waals surface area contributed by atoms with Crippen LogP contribution < -0.4 is 66.1 Å². The third-order valence-corrected chi connectivity index (χ3v) is 15.4. The molecule has 0 heterocycles. The van der Waals surface area contributed by atoms with Crippen LogP contribution in [0, 0.1) is 6.92 Å². The zero-order chi connectivity index (χ0) is 65.9. The minimum Gasteiger partial charge on any atom is -0.496 e. The molecular weight excluding hydrogens is 1190 g/mol. The predicted molar refractivity (Wildman–Crippen MR) is 350 cm³/mol. The molecule has 0 bridgehead atoms. The number of nitrogens with one attached hydrogen (secondary N) is 6. The summed E-state index contributed by atoms with van der Waals surface area (Å²) in [5, 5.41) is 16.5. The van der Waals surface area contributed by atoms with Crippen molar-refractivity contribution >= 4 is 35.8 Å². The Morgan fingerprint density at radius 3 is 1.16 bits per heavy atom. The number of hydrogen-bond acceptors (Lipinski definition) is 16. The molecule has 0 saturated heterocycles. The number of rotatable bonds is 32. The fraction of sp³-hybridized carbons (Fsp3) is 0.324. The molecule has 7 aromatic rings. The van der Waals surface area contributed by atoms with Crippen LogP contribution in [0.3, 0.4) is 0 Å². The molecule has 2 aliphatic carbocycles. The van der Waals surface area contributed by atoms with E-state index in [2.05, 4.69) is 80.4 Å². The summed E-state index contributed by atoms with van der Waals surface area (Å²) >= 11 is 0. The van der Waals surface area contributed by atoms with Gasteiger partial charge in [-0.25, -0.2) is 9.59 Å². The maximum absolute atomic E-state index is 12.8. The molecule has 0 unspecified atom stereocenters. The Hall–Kier alpha value is -10.3. The van der Waals surface area contributed by atoms with Crippen molar-refractivity contribution in [3.8, 4) is 56.8 Å². The van der Waals surface area contributed by atoms with Gasteiger partial charge in [-0.15, -0.1) is 0 Å². The highest BCUT2D eigenvalue weighted by Crippen LogP contribution is 2.46. The summed E-state index contributed by atoms with van der Waals surface area (Å²) in [4.78, 5) is 73.6. The Bertz CT molecular complexity index is 3530. The molecule has 0 aliphatic heterocycles. The lowest BCUT2D eigenvalue weighted by Crippen LogP contribution is -2.35. The second kappa shape index (κ2) is 35.3. The maximum Gasteiger partial charge on any atom is 0.407 e. The first-order valence-corrected chi connectivity index (χ1v) is 30.6. The average Bonchev–Trinajstić information content (AvgIpc) is 1.65. The van der Waals surface area contributed by atoms with Crippen LogP contribution in [0.2, 0.25) is 0 Å². The summed E-state index contributed by atoms with van der Waals surface area (Å²) < 4.78 is 50.3. The number of alkyl carbamates (subject to hydrolysis) is 2. The number of benzene rings is 7. The van der Waals surface area contributed by atoms with E-state index in [1.54, 1.807) is 24.3 Å². The molecule has 6 amide bonds. The Kier molecular flexibility index (Phi) is 26.1. The summed E-state index contributed by atoms with van der Waals surface area (Å²) in [6.45, 7) is 4.53. The molecule has 0 aromatic heterocycles. The molecule has 0 radical (unpaired) electrons. The molecule has 0 spiro atoms. The van der Waals surface area contributed by atoms with Crippen LogP contribution in [0.15, 0.2) is 146 Å². The number of fused-ring (bicyclic) bond motifs is 6.